The van der Waals surface area contributed by atoms with E-state index in [1.54, 1.807) is 35.2 Å². The number of carbonyl (C=O) groups is 2. The SMILES string of the molecule is O=C(Oc1ccccc1)c1nc(C2=CCN(C(=O)OCc3ccccc3)CC2)ccc1Br. The van der Waals surface area contributed by atoms with Crippen LogP contribution in [-0.2, 0) is 11.3 Å². The van der Waals surface area contributed by atoms with Gasteiger partial charge in [-0.2, -0.15) is 0 Å². The van der Waals surface area contributed by atoms with E-state index in [9.17, 15) is 9.59 Å². The maximum absolute atomic E-state index is 12.6. The number of para-hydroxylation sites is 1. The molecule has 0 unspecified atom stereocenters. The van der Waals surface area contributed by atoms with Gasteiger partial charge in [-0.1, -0.05) is 54.6 Å². The van der Waals surface area contributed by atoms with E-state index in [1.165, 1.54) is 0 Å². The third-order valence-corrected chi connectivity index (χ3v) is 5.63. The smallest absolute Gasteiger partial charge is 0.410 e. The van der Waals surface area contributed by atoms with Crippen molar-refractivity contribution in [1.29, 1.82) is 0 Å². The Hall–Kier alpha value is -3.45. The number of esters is 1. The van der Waals surface area contributed by atoms with Crippen LogP contribution in [0.15, 0.2) is 83.3 Å². The van der Waals surface area contributed by atoms with Gasteiger partial charge in [0.25, 0.3) is 0 Å². The highest BCUT2D eigenvalue weighted by molar-refractivity contribution is 9.10. The number of benzene rings is 2. The van der Waals surface area contributed by atoms with Gasteiger partial charge in [0.05, 0.1) is 10.2 Å². The summed E-state index contributed by atoms with van der Waals surface area (Å²) in [5.74, 6) is -0.0782. The fourth-order valence-electron chi connectivity index (χ4n) is 3.29. The summed E-state index contributed by atoms with van der Waals surface area (Å²) in [6.07, 6.45) is 2.21. The van der Waals surface area contributed by atoms with Gasteiger partial charge in [0.2, 0.25) is 0 Å². The summed E-state index contributed by atoms with van der Waals surface area (Å²) in [6.45, 7) is 1.18. The number of halogens is 1. The van der Waals surface area contributed by atoms with Gasteiger partial charge in [0, 0.05) is 13.1 Å². The number of hydrogen-bond acceptors (Lipinski definition) is 5. The number of nitrogens with zero attached hydrogens (tertiary/aromatic N) is 2. The van der Waals surface area contributed by atoms with Crippen LogP contribution >= 0.6 is 15.9 Å². The minimum atomic E-state index is -0.535. The Kier molecular flexibility index (Phi) is 6.97. The van der Waals surface area contributed by atoms with E-state index in [1.807, 2.05) is 48.5 Å². The van der Waals surface area contributed by atoms with Crippen molar-refractivity contribution >= 4 is 33.6 Å². The molecule has 1 aromatic heterocycles. The maximum Gasteiger partial charge on any atom is 0.410 e. The monoisotopic (exact) mass is 492 g/mol. The van der Waals surface area contributed by atoms with Gasteiger partial charge in [-0.15, -0.1) is 0 Å². The molecule has 1 amide bonds. The molecule has 0 spiro atoms. The lowest BCUT2D eigenvalue weighted by molar-refractivity contribution is 0.0727. The predicted octanol–water partition coefficient (Wildman–Crippen LogP) is 5.49. The Balaban J connectivity index is 1.40. The predicted molar refractivity (Wildman–Crippen MR) is 124 cm³/mol. The number of pyridine rings is 1. The second-order valence-corrected chi connectivity index (χ2v) is 8.05. The average Bonchev–Trinajstić information content (AvgIpc) is 2.84. The molecule has 0 N–H and O–H groups in total. The van der Waals surface area contributed by atoms with Crippen LogP contribution in [-0.4, -0.2) is 35.0 Å². The van der Waals surface area contributed by atoms with Crippen LogP contribution in [0.1, 0.15) is 28.2 Å². The normalized spacial score (nSPS) is 13.3. The minimum Gasteiger partial charge on any atom is -0.445 e. The van der Waals surface area contributed by atoms with Crippen molar-refractivity contribution in [3.05, 3.63) is 100 Å². The summed E-state index contributed by atoms with van der Waals surface area (Å²) < 4.78 is 11.4. The third kappa shape index (κ3) is 5.42. The van der Waals surface area contributed by atoms with Crippen molar-refractivity contribution in [3.63, 3.8) is 0 Å². The second-order valence-electron chi connectivity index (χ2n) is 7.20. The number of amides is 1. The first-order chi connectivity index (χ1) is 15.6. The van der Waals surface area contributed by atoms with Gasteiger partial charge in [0.15, 0.2) is 5.69 Å². The zero-order chi connectivity index (χ0) is 22.3. The summed E-state index contributed by atoms with van der Waals surface area (Å²) in [6, 6.07) is 22.1. The van der Waals surface area contributed by atoms with Crippen LogP contribution in [0.4, 0.5) is 4.79 Å². The summed E-state index contributed by atoms with van der Waals surface area (Å²) in [5.41, 5.74) is 2.81. The van der Waals surface area contributed by atoms with Gasteiger partial charge in [0.1, 0.15) is 12.4 Å². The summed E-state index contributed by atoms with van der Waals surface area (Å²) in [5, 5.41) is 0. The Labute approximate surface area is 194 Å². The van der Waals surface area contributed by atoms with Crippen LogP contribution < -0.4 is 4.74 Å². The quantitative estimate of drug-likeness (QED) is 0.348. The van der Waals surface area contributed by atoms with E-state index in [4.69, 9.17) is 9.47 Å². The molecule has 2 aromatic carbocycles. The Bertz CT molecular complexity index is 1130. The van der Waals surface area contributed by atoms with E-state index in [2.05, 4.69) is 20.9 Å². The fourth-order valence-corrected chi connectivity index (χ4v) is 3.67. The molecule has 0 saturated heterocycles. The molecule has 32 heavy (non-hydrogen) atoms. The molecule has 2 heterocycles. The van der Waals surface area contributed by atoms with E-state index in [-0.39, 0.29) is 18.4 Å². The van der Waals surface area contributed by atoms with Gasteiger partial charge < -0.3 is 14.4 Å². The molecule has 0 atom stereocenters. The molecule has 162 valence electrons. The Morgan fingerprint density at radius 1 is 0.969 bits per heavy atom. The van der Waals surface area contributed by atoms with Crippen LogP contribution in [0.5, 0.6) is 5.75 Å². The van der Waals surface area contributed by atoms with Crippen LogP contribution in [0.2, 0.25) is 0 Å². The lowest BCUT2D eigenvalue weighted by Crippen LogP contribution is -2.35. The first-order valence-electron chi connectivity index (χ1n) is 10.2. The van der Waals surface area contributed by atoms with E-state index < -0.39 is 5.97 Å². The Morgan fingerprint density at radius 3 is 2.38 bits per heavy atom. The summed E-state index contributed by atoms with van der Waals surface area (Å²) in [7, 11) is 0. The molecular weight excluding hydrogens is 472 g/mol. The van der Waals surface area contributed by atoms with Gasteiger partial charge >= 0.3 is 12.1 Å². The van der Waals surface area contributed by atoms with Crippen LogP contribution in [0.25, 0.3) is 5.57 Å². The number of ether oxygens (including phenoxy) is 2. The van der Waals surface area contributed by atoms with Gasteiger partial charge in [-0.3, -0.25) is 0 Å². The van der Waals surface area contributed by atoms with Crippen molar-refractivity contribution in [2.24, 2.45) is 0 Å². The van der Waals surface area contributed by atoms with E-state index in [0.717, 1.165) is 11.1 Å². The highest BCUT2D eigenvalue weighted by Gasteiger charge is 2.22. The molecule has 0 bridgehead atoms. The van der Waals surface area contributed by atoms with Crippen molar-refractivity contribution in [1.82, 2.24) is 9.88 Å². The third-order valence-electron chi connectivity index (χ3n) is 4.99. The molecule has 1 aliphatic rings. The van der Waals surface area contributed by atoms with Gasteiger partial charge in [-0.05, 0) is 57.8 Å². The fraction of sp³-hybridized carbons (Fsp3) is 0.160. The Morgan fingerprint density at radius 2 is 1.69 bits per heavy atom. The molecule has 0 radical (unpaired) electrons. The maximum atomic E-state index is 12.6. The molecule has 1 aliphatic heterocycles. The lowest BCUT2D eigenvalue weighted by Gasteiger charge is -2.25. The summed E-state index contributed by atoms with van der Waals surface area (Å²) >= 11 is 3.38. The number of carbonyl (C=O) groups excluding carboxylic acids is 2. The summed E-state index contributed by atoms with van der Waals surface area (Å²) in [4.78, 5) is 31.1. The minimum absolute atomic E-state index is 0.206. The highest BCUT2D eigenvalue weighted by atomic mass is 79.9. The van der Waals surface area contributed by atoms with Crippen molar-refractivity contribution in [2.75, 3.05) is 13.1 Å². The highest BCUT2D eigenvalue weighted by Crippen LogP contribution is 2.25. The zero-order valence-corrected chi connectivity index (χ0v) is 18.8. The topological polar surface area (TPSA) is 68.7 Å². The first kappa shape index (κ1) is 21.8. The largest absolute Gasteiger partial charge is 0.445 e. The first-order valence-corrected chi connectivity index (χ1v) is 11.0. The number of rotatable bonds is 5. The van der Waals surface area contributed by atoms with E-state index in [0.29, 0.717) is 35.4 Å². The molecule has 0 fully saturated rings. The average molecular weight is 493 g/mol. The molecule has 0 aliphatic carbocycles. The lowest BCUT2D eigenvalue weighted by atomic mass is 10.0. The zero-order valence-electron chi connectivity index (χ0n) is 17.2. The van der Waals surface area contributed by atoms with E-state index >= 15 is 0 Å². The second kappa shape index (κ2) is 10.2. The molecule has 7 heteroatoms. The molecule has 0 saturated carbocycles. The van der Waals surface area contributed by atoms with Crippen molar-refractivity contribution in [3.8, 4) is 5.75 Å². The number of aromatic nitrogens is 1. The van der Waals surface area contributed by atoms with Crippen LogP contribution in [0, 0.1) is 0 Å². The molecule has 4 rings (SSSR count). The molecule has 3 aromatic rings. The van der Waals surface area contributed by atoms with Gasteiger partial charge in [-0.25, -0.2) is 14.6 Å². The van der Waals surface area contributed by atoms with Crippen molar-refractivity contribution < 1.29 is 19.1 Å². The number of hydrogen-bond donors (Lipinski definition) is 0. The standard InChI is InChI=1S/C25H21BrN2O4/c26-21-11-12-22(27-23(21)24(29)32-20-9-5-2-6-10-20)19-13-15-28(16-14-19)25(30)31-17-18-7-3-1-4-8-18/h1-13H,14-17H2. The van der Waals surface area contributed by atoms with Crippen molar-refractivity contribution in [2.45, 2.75) is 13.0 Å². The molecular formula is C25H21BrN2O4. The molecule has 6 nitrogen and oxygen atoms in total. The van der Waals surface area contributed by atoms with Crippen LogP contribution in [0.3, 0.4) is 0 Å².